The van der Waals surface area contributed by atoms with Gasteiger partial charge in [0.25, 0.3) is 0 Å². The highest BCUT2D eigenvalue weighted by Gasteiger charge is 1.97. The standard InChI is InChI=1S/C14H20O/c1-4-5-6-7-13-8-10-14(11-9-13)15-12(2)3/h4-5,8-12H,6-7H2,1-3H3/b5-4-. The first-order chi connectivity index (χ1) is 7.22. The number of allylic oxidation sites excluding steroid dienone is 2. The molecule has 0 aromatic heterocycles. The highest BCUT2D eigenvalue weighted by Crippen LogP contribution is 2.14. The second kappa shape index (κ2) is 6.28. The molecule has 1 aromatic carbocycles. The summed E-state index contributed by atoms with van der Waals surface area (Å²) in [6.45, 7) is 6.14. The van der Waals surface area contributed by atoms with Gasteiger partial charge in [0.15, 0.2) is 0 Å². The van der Waals surface area contributed by atoms with Gasteiger partial charge < -0.3 is 4.74 Å². The van der Waals surface area contributed by atoms with Crippen molar-refractivity contribution in [3.8, 4) is 5.75 Å². The van der Waals surface area contributed by atoms with E-state index in [0.717, 1.165) is 18.6 Å². The lowest BCUT2D eigenvalue weighted by atomic mass is 10.1. The second-order valence-electron chi connectivity index (χ2n) is 3.92. The summed E-state index contributed by atoms with van der Waals surface area (Å²) in [6, 6.07) is 8.37. The largest absolute Gasteiger partial charge is 0.491 e. The summed E-state index contributed by atoms with van der Waals surface area (Å²) in [5.41, 5.74) is 1.37. The molecule has 0 N–H and O–H groups in total. The van der Waals surface area contributed by atoms with Crippen LogP contribution in [0, 0.1) is 0 Å². The molecule has 0 spiro atoms. The maximum atomic E-state index is 5.58. The van der Waals surface area contributed by atoms with Crippen LogP contribution >= 0.6 is 0 Å². The van der Waals surface area contributed by atoms with Crippen molar-refractivity contribution in [1.82, 2.24) is 0 Å². The lowest BCUT2D eigenvalue weighted by Gasteiger charge is -2.09. The van der Waals surface area contributed by atoms with E-state index in [1.807, 2.05) is 26.0 Å². The SMILES string of the molecule is C/C=C\CCc1ccc(OC(C)C)cc1. The topological polar surface area (TPSA) is 9.23 Å². The zero-order valence-corrected chi connectivity index (χ0v) is 9.86. The molecule has 0 fully saturated rings. The Kier molecular flexibility index (Phi) is 4.96. The molecule has 0 radical (unpaired) electrons. The molecular formula is C14H20O. The van der Waals surface area contributed by atoms with Gasteiger partial charge in [-0.15, -0.1) is 0 Å². The van der Waals surface area contributed by atoms with E-state index in [1.165, 1.54) is 5.56 Å². The molecule has 1 rings (SSSR count). The van der Waals surface area contributed by atoms with Gasteiger partial charge in [-0.2, -0.15) is 0 Å². The molecule has 0 saturated heterocycles. The fourth-order valence-electron chi connectivity index (χ4n) is 1.42. The minimum atomic E-state index is 0.249. The van der Waals surface area contributed by atoms with E-state index in [9.17, 15) is 0 Å². The van der Waals surface area contributed by atoms with E-state index >= 15 is 0 Å². The van der Waals surface area contributed by atoms with Crippen LogP contribution in [0.4, 0.5) is 0 Å². The molecule has 0 aliphatic carbocycles. The van der Waals surface area contributed by atoms with Gasteiger partial charge in [0.2, 0.25) is 0 Å². The first-order valence-corrected chi connectivity index (χ1v) is 5.59. The van der Waals surface area contributed by atoms with Crippen LogP contribution in [-0.4, -0.2) is 6.10 Å². The van der Waals surface area contributed by atoms with Gasteiger partial charge in [-0.3, -0.25) is 0 Å². The number of hydrogen-bond donors (Lipinski definition) is 0. The normalized spacial score (nSPS) is 11.2. The summed E-state index contributed by atoms with van der Waals surface area (Å²) < 4.78 is 5.58. The zero-order chi connectivity index (χ0) is 11.1. The smallest absolute Gasteiger partial charge is 0.119 e. The number of hydrogen-bond acceptors (Lipinski definition) is 1. The van der Waals surface area contributed by atoms with Gasteiger partial charge in [-0.05, 0) is 51.3 Å². The Labute approximate surface area is 92.8 Å². The van der Waals surface area contributed by atoms with Gasteiger partial charge >= 0.3 is 0 Å². The Morgan fingerprint density at radius 2 is 1.87 bits per heavy atom. The molecule has 0 atom stereocenters. The molecule has 1 aromatic rings. The molecule has 0 amide bonds. The van der Waals surface area contributed by atoms with Gasteiger partial charge in [0.1, 0.15) is 5.75 Å². The third-order valence-corrected chi connectivity index (χ3v) is 2.13. The van der Waals surface area contributed by atoms with Crippen LogP contribution in [-0.2, 0) is 6.42 Å². The predicted molar refractivity (Wildman–Crippen MR) is 65.3 cm³/mol. The van der Waals surface area contributed by atoms with E-state index in [2.05, 4.69) is 31.2 Å². The second-order valence-corrected chi connectivity index (χ2v) is 3.92. The van der Waals surface area contributed by atoms with Crippen LogP contribution in [0.25, 0.3) is 0 Å². The highest BCUT2D eigenvalue weighted by atomic mass is 16.5. The Balaban J connectivity index is 2.48. The number of benzene rings is 1. The summed E-state index contributed by atoms with van der Waals surface area (Å²) >= 11 is 0. The molecule has 1 heteroatoms. The Morgan fingerprint density at radius 1 is 1.20 bits per heavy atom. The summed E-state index contributed by atoms with van der Waals surface area (Å²) in [6.07, 6.45) is 6.75. The molecule has 0 heterocycles. The van der Waals surface area contributed by atoms with Crippen LogP contribution in [0.1, 0.15) is 32.8 Å². The molecule has 0 unspecified atom stereocenters. The Morgan fingerprint density at radius 3 is 2.40 bits per heavy atom. The molecule has 1 nitrogen and oxygen atoms in total. The summed E-state index contributed by atoms with van der Waals surface area (Å²) in [7, 11) is 0. The first-order valence-electron chi connectivity index (χ1n) is 5.59. The lowest BCUT2D eigenvalue weighted by molar-refractivity contribution is 0.242. The van der Waals surface area contributed by atoms with Crippen molar-refractivity contribution in [2.24, 2.45) is 0 Å². The monoisotopic (exact) mass is 204 g/mol. The lowest BCUT2D eigenvalue weighted by Crippen LogP contribution is -2.05. The Bertz CT molecular complexity index is 296. The quantitative estimate of drug-likeness (QED) is 0.659. The van der Waals surface area contributed by atoms with Crippen LogP contribution in [0.5, 0.6) is 5.75 Å². The van der Waals surface area contributed by atoms with Crippen molar-refractivity contribution in [2.45, 2.75) is 39.7 Å². The van der Waals surface area contributed by atoms with Crippen molar-refractivity contribution in [3.63, 3.8) is 0 Å². The minimum absolute atomic E-state index is 0.249. The molecule has 82 valence electrons. The maximum Gasteiger partial charge on any atom is 0.119 e. The van der Waals surface area contributed by atoms with Crippen molar-refractivity contribution < 1.29 is 4.74 Å². The van der Waals surface area contributed by atoms with Crippen LogP contribution in [0.15, 0.2) is 36.4 Å². The molecule has 0 bridgehead atoms. The van der Waals surface area contributed by atoms with Gasteiger partial charge in [-0.1, -0.05) is 24.3 Å². The fraction of sp³-hybridized carbons (Fsp3) is 0.429. The van der Waals surface area contributed by atoms with E-state index in [-0.39, 0.29) is 6.10 Å². The van der Waals surface area contributed by atoms with E-state index in [1.54, 1.807) is 0 Å². The molecular weight excluding hydrogens is 184 g/mol. The van der Waals surface area contributed by atoms with Crippen molar-refractivity contribution in [1.29, 1.82) is 0 Å². The van der Waals surface area contributed by atoms with Gasteiger partial charge in [0, 0.05) is 0 Å². The number of aryl methyl sites for hydroxylation is 1. The fourth-order valence-corrected chi connectivity index (χ4v) is 1.42. The molecule has 0 aliphatic heterocycles. The maximum absolute atomic E-state index is 5.58. The van der Waals surface area contributed by atoms with Crippen molar-refractivity contribution in [2.75, 3.05) is 0 Å². The number of ether oxygens (including phenoxy) is 1. The zero-order valence-electron chi connectivity index (χ0n) is 9.86. The van der Waals surface area contributed by atoms with E-state index in [4.69, 9.17) is 4.74 Å². The van der Waals surface area contributed by atoms with Crippen molar-refractivity contribution >= 4 is 0 Å². The summed E-state index contributed by atoms with van der Waals surface area (Å²) in [5, 5.41) is 0. The van der Waals surface area contributed by atoms with Gasteiger partial charge in [0.05, 0.1) is 6.10 Å². The van der Waals surface area contributed by atoms with Crippen molar-refractivity contribution in [3.05, 3.63) is 42.0 Å². The van der Waals surface area contributed by atoms with Gasteiger partial charge in [-0.25, -0.2) is 0 Å². The van der Waals surface area contributed by atoms with Crippen LogP contribution < -0.4 is 4.74 Å². The molecule has 15 heavy (non-hydrogen) atoms. The average Bonchev–Trinajstić information content (AvgIpc) is 2.20. The third-order valence-electron chi connectivity index (χ3n) is 2.13. The first kappa shape index (κ1) is 11.8. The average molecular weight is 204 g/mol. The molecule has 0 saturated carbocycles. The van der Waals surface area contributed by atoms with Crippen LogP contribution in [0.2, 0.25) is 0 Å². The summed E-state index contributed by atoms with van der Waals surface area (Å²) in [4.78, 5) is 0. The van der Waals surface area contributed by atoms with Crippen LogP contribution in [0.3, 0.4) is 0 Å². The Hall–Kier alpha value is -1.24. The van der Waals surface area contributed by atoms with E-state index in [0.29, 0.717) is 0 Å². The highest BCUT2D eigenvalue weighted by molar-refractivity contribution is 5.27. The predicted octanol–water partition coefficient (Wildman–Crippen LogP) is 3.98. The molecule has 0 aliphatic rings. The summed E-state index contributed by atoms with van der Waals surface area (Å²) in [5.74, 6) is 0.958. The number of rotatable bonds is 5. The third kappa shape index (κ3) is 4.68. The minimum Gasteiger partial charge on any atom is -0.491 e. The van der Waals surface area contributed by atoms with E-state index < -0.39 is 0 Å².